The van der Waals surface area contributed by atoms with Crippen molar-refractivity contribution in [3.8, 4) is 0 Å². The number of amides is 1. The van der Waals surface area contributed by atoms with E-state index < -0.39 is 11.9 Å². The minimum absolute atomic E-state index is 0.132. The molecule has 0 atom stereocenters. The zero-order valence-corrected chi connectivity index (χ0v) is 10.7. The Bertz CT molecular complexity index is 435. The minimum Gasteiger partial charge on any atom is -0.481 e. The predicted octanol–water partition coefficient (Wildman–Crippen LogP) is 1.82. The summed E-state index contributed by atoms with van der Waals surface area (Å²) in [5.41, 5.74) is 6.39. The van der Waals surface area contributed by atoms with Crippen LogP contribution in [0.15, 0.2) is 22.7 Å². The SMILES string of the molecule is NC(=O)c1ccc(NCCCC(=O)O)cc1Br. The Balaban J connectivity index is 2.53. The van der Waals surface area contributed by atoms with Crippen LogP contribution in [0.4, 0.5) is 5.69 Å². The van der Waals surface area contributed by atoms with Crippen LogP contribution in [-0.2, 0) is 4.79 Å². The van der Waals surface area contributed by atoms with Crippen LogP contribution in [0.3, 0.4) is 0 Å². The van der Waals surface area contributed by atoms with Gasteiger partial charge in [-0.05, 0) is 40.5 Å². The predicted molar refractivity (Wildman–Crippen MR) is 68.0 cm³/mol. The van der Waals surface area contributed by atoms with E-state index >= 15 is 0 Å². The second-order valence-electron chi connectivity index (χ2n) is 3.48. The molecule has 92 valence electrons. The van der Waals surface area contributed by atoms with Crippen LogP contribution in [0.1, 0.15) is 23.2 Å². The number of rotatable bonds is 6. The number of hydrogen-bond acceptors (Lipinski definition) is 3. The fourth-order valence-corrected chi connectivity index (χ4v) is 1.87. The third-order valence-electron chi connectivity index (χ3n) is 2.13. The Morgan fingerprint density at radius 1 is 1.41 bits per heavy atom. The van der Waals surface area contributed by atoms with Gasteiger partial charge in [-0.1, -0.05) is 0 Å². The summed E-state index contributed by atoms with van der Waals surface area (Å²) >= 11 is 3.24. The van der Waals surface area contributed by atoms with Crippen molar-refractivity contribution in [2.45, 2.75) is 12.8 Å². The zero-order valence-electron chi connectivity index (χ0n) is 9.07. The Labute approximate surface area is 107 Å². The quantitative estimate of drug-likeness (QED) is 0.699. The maximum atomic E-state index is 11.0. The van der Waals surface area contributed by atoms with Gasteiger partial charge >= 0.3 is 5.97 Å². The first kappa shape index (κ1) is 13.5. The molecule has 0 heterocycles. The van der Waals surface area contributed by atoms with E-state index in [0.717, 1.165) is 5.69 Å². The number of carboxylic acids is 1. The lowest BCUT2D eigenvalue weighted by Gasteiger charge is -2.07. The topological polar surface area (TPSA) is 92.4 Å². The summed E-state index contributed by atoms with van der Waals surface area (Å²) in [6.45, 7) is 0.564. The molecule has 17 heavy (non-hydrogen) atoms. The summed E-state index contributed by atoms with van der Waals surface area (Å²) in [6, 6.07) is 5.08. The minimum atomic E-state index is -0.808. The number of primary amides is 1. The van der Waals surface area contributed by atoms with Crippen LogP contribution >= 0.6 is 15.9 Å². The molecule has 0 radical (unpaired) electrons. The first-order valence-corrected chi connectivity index (χ1v) is 5.85. The number of hydrogen-bond donors (Lipinski definition) is 3. The Morgan fingerprint density at radius 3 is 2.65 bits per heavy atom. The number of carbonyl (C=O) groups is 2. The van der Waals surface area contributed by atoms with E-state index in [1.54, 1.807) is 18.2 Å². The van der Waals surface area contributed by atoms with Gasteiger partial charge in [0.05, 0.1) is 5.56 Å². The second-order valence-corrected chi connectivity index (χ2v) is 4.34. The summed E-state index contributed by atoms with van der Waals surface area (Å²) < 4.78 is 0.619. The number of nitrogens with one attached hydrogen (secondary N) is 1. The third kappa shape index (κ3) is 4.44. The molecule has 1 aromatic carbocycles. The number of benzene rings is 1. The average Bonchev–Trinajstić information content (AvgIpc) is 2.23. The molecule has 5 nitrogen and oxygen atoms in total. The van der Waals surface area contributed by atoms with Crippen molar-refractivity contribution in [1.29, 1.82) is 0 Å². The van der Waals surface area contributed by atoms with Gasteiger partial charge in [-0.2, -0.15) is 0 Å². The van der Waals surface area contributed by atoms with Crippen LogP contribution in [0, 0.1) is 0 Å². The number of aliphatic carboxylic acids is 1. The highest BCUT2D eigenvalue weighted by molar-refractivity contribution is 9.10. The van der Waals surface area contributed by atoms with Gasteiger partial charge < -0.3 is 16.2 Å². The van der Waals surface area contributed by atoms with Crippen LogP contribution in [0.2, 0.25) is 0 Å². The van der Waals surface area contributed by atoms with Gasteiger partial charge in [0.25, 0.3) is 0 Å². The van der Waals surface area contributed by atoms with Crippen molar-refractivity contribution < 1.29 is 14.7 Å². The van der Waals surface area contributed by atoms with E-state index in [1.807, 2.05) is 0 Å². The Hall–Kier alpha value is -1.56. The summed E-state index contributed by atoms with van der Waals surface area (Å²) in [6.07, 6.45) is 0.679. The number of carbonyl (C=O) groups excluding carboxylic acids is 1. The van der Waals surface area contributed by atoms with E-state index in [2.05, 4.69) is 21.2 Å². The number of nitrogens with two attached hydrogens (primary N) is 1. The van der Waals surface area contributed by atoms with Gasteiger partial charge in [0, 0.05) is 23.1 Å². The van der Waals surface area contributed by atoms with Crippen molar-refractivity contribution in [1.82, 2.24) is 0 Å². The van der Waals surface area contributed by atoms with Gasteiger partial charge in [0.15, 0.2) is 0 Å². The van der Waals surface area contributed by atoms with Crippen LogP contribution < -0.4 is 11.1 Å². The smallest absolute Gasteiger partial charge is 0.303 e. The molecule has 0 saturated carbocycles. The van der Waals surface area contributed by atoms with Gasteiger partial charge in [-0.15, -0.1) is 0 Å². The van der Waals surface area contributed by atoms with E-state index in [-0.39, 0.29) is 6.42 Å². The molecule has 1 amide bonds. The Morgan fingerprint density at radius 2 is 2.12 bits per heavy atom. The highest BCUT2D eigenvalue weighted by Gasteiger charge is 2.06. The first-order valence-electron chi connectivity index (χ1n) is 5.05. The summed E-state index contributed by atoms with van der Waals surface area (Å²) in [5.74, 6) is -1.30. The lowest BCUT2D eigenvalue weighted by Crippen LogP contribution is -2.12. The molecule has 0 unspecified atom stereocenters. The fraction of sp³-hybridized carbons (Fsp3) is 0.273. The molecule has 0 aliphatic rings. The summed E-state index contributed by atoms with van der Waals surface area (Å²) in [7, 11) is 0. The molecule has 0 aliphatic heterocycles. The van der Waals surface area contributed by atoms with E-state index in [0.29, 0.717) is 23.0 Å². The van der Waals surface area contributed by atoms with E-state index in [9.17, 15) is 9.59 Å². The van der Waals surface area contributed by atoms with Gasteiger partial charge in [0.2, 0.25) is 5.91 Å². The van der Waals surface area contributed by atoms with Crippen molar-refractivity contribution in [2.75, 3.05) is 11.9 Å². The lowest BCUT2D eigenvalue weighted by molar-refractivity contribution is -0.137. The van der Waals surface area contributed by atoms with E-state index in [4.69, 9.17) is 10.8 Å². The maximum Gasteiger partial charge on any atom is 0.303 e. The molecule has 4 N–H and O–H groups in total. The van der Waals surface area contributed by atoms with Gasteiger partial charge in [0.1, 0.15) is 0 Å². The molecule has 0 spiro atoms. The van der Waals surface area contributed by atoms with Crippen LogP contribution in [0.25, 0.3) is 0 Å². The van der Waals surface area contributed by atoms with E-state index in [1.165, 1.54) is 0 Å². The standard InChI is InChI=1S/C11H13BrN2O3/c12-9-6-7(3-4-8(9)11(13)17)14-5-1-2-10(15)16/h3-4,6,14H,1-2,5H2,(H2,13,17)(H,15,16). The van der Waals surface area contributed by atoms with Crippen molar-refractivity contribution in [3.05, 3.63) is 28.2 Å². The molecule has 1 rings (SSSR count). The second kappa shape index (κ2) is 6.24. The highest BCUT2D eigenvalue weighted by Crippen LogP contribution is 2.21. The molecular formula is C11H13BrN2O3. The van der Waals surface area contributed by atoms with Crippen LogP contribution in [-0.4, -0.2) is 23.5 Å². The average molecular weight is 301 g/mol. The first-order chi connectivity index (χ1) is 8.00. The maximum absolute atomic E-state index is 11.0. The molecule has 0 aliphatic carbocycles. The molecule has 1 aromatic rings. The van der Waals surface area contributed by atoms with Crippen molar-refractivity contribution in [2.24, 2.45) is 5.73 Å². The number of halogens is 1. The number of carboxylic acid groups (broad SMARTS) is 1. The third-order valence-corrected chi connectivity index (χ3v) is 2.79. The molecule has 6 heteroatoms. The molecular weight excluding hydrogens is 288 g/mol. The summed E-state index contributed by atoms with van der Waals surface area (Å²) in [4.78, 5) is 21.3. The zero-order chi connectivity index (χ0) is 12.8. The lowest BCUT2D eigenvalue weighted by atomic mass is 10.2. The van der Waals surface area contributed by atoms with Gasteiger partial charge in [-0.25, -0.2) is 0 Å². The highest BCUT2D eigenvalue weighted by atomic mass is 79.9. The Kier molecular flexibility index (Phi) is 4.96. The normalized spacial score (nSPS) is 9.94. The fourth-order valence-electron chi connectivity index (χ4n) is 1.30. The molecule has 0 bridgehead atoms. The van der Waals surface area contributed by atoms with Crippen LogP contribution in [0.5, 0.6) is 0 Å². The summed E-state index contributed by atoms with van der Waals surface area (Å²) in [5, 5.41) is 11.5. The number of anilines is 1. The van der Waals surface area contributed by atoms with Gasteiger partial charge in [-0.3, -0.25) is 9.59 Å². The van der Waals surface area contributed by atoms with Crippen molar-refractivity contribution in [3.63, 3.8) is 0 Å². The van der Waals surface area contributed by atoms with Crippen molar-refractivity contribution >= 4 is 33.5 Å². The molecule has 0 saturated heterocycles. The monoisotopic (exact) mass is 300 g/mol. The molecule has 0 aromatic heterocycles. The molecule has 0 fully saturated rings. The largest absolute Gasteiger partial charge is 0.481 e.